The summed E-state index contributed by atoms with van der Waals surface area (Å²) in [6.07, 6.45) is 3.15. The van der Waals surface area contributed by atoms with Crippen molar-refractivity contribution in [3.05, 3.63) is 0 Å². The molecule has 0 bridgehead atoms. The first-order valence-electron chi connectivity index (χ1n) is 6.78. The third kappa shape index (κ3) is 5.50. The minimum absolute atomic E-state index is 0.150. The fraction of sp³-hybridized carbons (Fsp3) is 0.923. The molecule has 0 aromatic carbocycles. The minimum atomic E-state index is 0.150. The van der Waals surface area contributed by atoms with Crippen LogP contribution in [-0.4, -0.2) is 50.1 Å². The second-order valence-electron chi connectivity index (χ2n) is 5.23. The number of rotatable bonds is 6. The third-order valence-corrected chi connectivity index (χ3v) is 3.64. The fourth-order valence-corrected chi connectivity index (χ4v) is 2.19. The number of nitrogens with one attached hydrogen (secondary N) is 2. The van der Waals surface area contributed by atoms with E-state index >= 15 is 0 Å². The van der Waals surface area contributed by atoms with Crippen molar-refractivity contribution in [2.75, 3.05) is 33.2 Å². The lowest BCUT2D eigenvalue weighted by molar-refractivity contribution is -0.121. The van der Waals surface area contributed by atoms with Gasteiger partial charge in [0.25, 0.3) is 0 Å². The molecule has 0 aromatic rings. The van der Waals surface area contributed by atoms with Crippen molar-refractivity contribution in [3.63, 3.8) is 0 Å². The van der Waals surface area contributed by atoms with Crippen molar-refractivity contribution in [1.82, 2.24) is 15.5 Å². The molecule has 1 aliphatic heterocycles. The van der Waals surface area contributed by atoms with E-state index in [1.165, 1.54) is 25.9 Å². The zero-order chi connectivity index (χ0) is 12.7. The monoisotopic (exact) mass is 241 g/mol. The van der Waals surface area contributed by atoms with Crippen LogP contribution in [0.2, 0.25) is 0 Å². The molecule has 1 aliphatic rings. The van der Waals surface area contributed by atoms with Crippen LogP contribution in [0.5, 0.6) is 0 Å². The lowest BCUT2D eigenvalue weighted by Crippen LogP contribution is -2.45. The highest BCUT2D eigenvalue weighted by molar-refractivity contribution is 5.76. The lowest BCUT2D eigenvalue weighted by Gasteiger charge is -2.35. The molecular weight excluding hydrogens is 214 g/mol. The van der Waals surface area contributed by atoms with Crippen LogP contribution in [0.25, 0.3) is 0 Å². The Kier molecular flexibility index (Phi) is 6.52. The van der Waals surface area contributed by atoms with Gasteiger partial charge in [0.15, 0.2) is 0 Å². The first kappa shape index (κ1) is 14.5. The molecule has 4 nitrogen and oxygen atoms in total. The number of nitrogens with zero attached hydrogens (tertiary/aromatic N) is 1. The molecule has 1 saturated heterocycles. The molecule has 1 amide bonds. The van der Waals surface area contributed by atoms with Gasteiger partial charge < -0.3 is 10.6 Å². The average molecular weight is 241 g/mol. The van der Waals surface area contributed by atoms with Crippen molar-refractivity contribution in [1.29, 1.82) is 0 Å². The van der Waals surface area contributed by atoms with Crippen molar-refractivity contribution in [2.45, 2.75) is 39.2 Å². The highest BCUT2D eigenvalue weighted by Crippen LogP contribution is 2.17. The second-order valence-corrected chi connectivity index (χ2v) is 5.23. The van der Waals surface area contributed by atoms with E-state index in [9.17, 15) is 4.79 Å². The molecule has 1 rings (SSSR count). The summed E-state index contributed by atoms with van der Waals surface area (Å²) in [7, 11) is 1.87. The van der Waals surface area contributed by atoms with Crippen LogP contribution in [-0.2, 0) is 4.79 Å². The predicted octanol–water partition coefficient (Wildman–Crippen LogP) is 0.833. The minimum Gasteiger partial charge on any atom is -0.355 e. The van der Waals surface area contributed by atoms with Gasteiger partial charge in [0.05, 0.1) is 0 Å². The number of likely N-dealkylation sites (tertiary alicyclic amines) is 1. The maximum atomic E-state index is 11.5. The molecule has 0 radical (unpaired) electrons. The van der Waals surface area contributed by atoms with E-state index in [0.29, 0.717) is 12.5 Å². The van der Waals surface area contributed by atoms with E-state index in [-0.39, 0.29) is 5.91 Å². The van der Waals surface area contributed by atoms with Crippen LogP contribution in [0.15, 0.2) is 0 Å². The quantitative estimate of drug-likeness (QED) is 0.724. The van der Waals surface area contributed by atoms with Crippen LogP contribution in [0.1, 0.15) is 33.1 Å². The largest absolute Gasteiger partial charge is 0.355 e. The molecule has 2 N–H and O–H groups in total. The Morgan fingerprint density at radius 1 is 1.41 bits per heavy atom. The fourth-order valence-electron chi connectivity index (χ4n) is 2.19. The van der Waals surface area contributed by atoms with Gasteiger partial charge in [0.1, 0.15) is 0 Å². The maximum Gasteiger partial charge on any atom is 0.221 e. The summed E-state index contributed by atoms with van der Waals surface area (Å²) >= 11 is 0. The molecular formula is C13H27N3O. The van der Waals surface area contributed by atoms with Crippen molar-refractivity contribution >= 4 is 5.91 Å². The number of piperidine rings is 1. The highest BCUT2D eigenvalue weighted by atomic mass is 16.1. The summed E-state index contributed by atoms with van der Waals surface area (Å²) in [5.74, 6) is 1.01. The first-order valence-corrected chi connectivity index (χ1v) is 6.78. The average Bonchev–Trinajstić information content (AvgIpc) is 2.34. The summed E-state index contributed by atoms with van der Waals surface area (Å²) < 4.78 is 0. The summed E-state index contributed by atoms with van der Waals surface area (Å²) in [6.45, 7) is 8.40. The summed E-state index contributed by atoms with van der Waals surface area (Å²) in [5.41, 5.74) is 0. The third-order valence-electron chi connectivity index (χ3n) is 3.64. The molecule has 1 fully saturated rings. The standard InChI is InChI=1S/C13H27N3O/c1-11-5-8-16(9-6-11)12(2)10-15-13(17)4-7-14-3/h11-12,14H,4-10H2,1-3H3,(H,15,17). The Balaban J connectivity index is 2.16. The van der Waals surface area contributed by atoms with Crippen molar-refractivity contribution in [3.8, 4) is 0 Å². The van der Waals surface area contributed by atoms with Gasteiger partial charge in [-0.2, -0.15) is 0 Å². The topological polar surface area (TPSA) is 44.4 Å². The number of hydrogen-bond acceptors (Lipinski definition) is 3. The van der Waals surface area contributed by atoms with Crippen LogP contribution in [0.4, 0.5) is 0 Å². The Labute approximate surface area is 105 Å². The molecule has 100 valence electrons. The summed E-state index contributed by atoms with van der Waals surface area (Å²) in [6, 6.07) is 0.459. The molecule has 1 unspecified atom stereocenters. The van der Waals surface area contributed by atoms with Crippen LogP contribution in [0.3, 0.4) is 0 Å². The summed E-state index contributed by atoms with van der Waals surface area (Å²) in [5, 5.41) is 5.99. The van der Waals surface area contributed by atoms with Gasteiger partial charge in [-0.05, 0) is 45.8 Å². The van der Waals surface area contributed by atoms with E-state index in [0.717, 1.165) is 19.0 Å². The molecule has 0 aliphatic carbocycles. The zero-order valence-electron chi connectivity index (χ0n) is 11.5. The molecule has 1 atom stereocenters. The van der Waals surface area contributed by atoms with E-state index < -0.39 is 0 Å². The van der Waals surface area contributed by atoms with Crippen LogP contribution < -0.4 is 10.6 Å². The Bertz CT molecular complexity index is 225. The SMILES string of the molecule is CNCCC(=O)NCC(C)N1CCC(C)CC1. The molecule has 0 aromatic heterocycles. The Morgan fingerprint density at radius 2 is 2.06 bits per heavy atom. The van der Waals surface area contributed by atoms with Crippen LogP contribution in [0, 0.1) is 5.92 Å². The second kappa shape index (κ2) is 7.67. The van der Waals surface area contributed by atoms with Gasteiger partial charge in [-0.1, -0.05) is 6.92 Å². The van der Waals surface area contributed by atoms with E-state index in [1.807, 2.05) is 7.05 Å². The highest BCUT2D eigenvalue weighted by Gasteiger charge is 2.20. The van der Waals surface area contributed by atoms with Gasteiger partial charge in [-0.3, -0.25) is 9.69 Å². The number of amides is 1. The van der Waals surface area contributed by atoms with Crippen molar-refractivity contribution < 1.29 is 4.79 Å². The van der Waals surface area contributed by atoms with E-state index in [1.54, 1.807) is 0 Å². The Hall–Kier alpha value is -0.610. The number of hydrogen-bond donors (Lipinski definition) is 2. The summed E-state index contributed by atoms with van der Waals surface area (Å²) in [4.78, 5) is 14.0. The normalized spacial score (nSPS) is 20.2. The number of carbonyl (C=O) groups excluding carboxylic acids is 1. The molecule has 0 spiro atoms. The number of carbonyl (C=O) groups is 1. The molecule has 4 heteroatoms. The smallest absolute Gasteiger partial charge is 0.221 e. The van der Waals surface area contributed by atoms with Gasteiger partial charge in [-0.15, -0.1) is 0 Å². The Morgan fingerprint density at radius 3 is 2.65 bits per heavy atom. The van der Waals surface area contributed by atoms with E-state index in [4.69, 9.17) is 0 Å². The molecule has 0 saturated carbocycles. The van der Waals surface area contributed by atoms with Gasteiger partial charge >= 0.3 is 0 Å². The van der Waals surface area contributed by atoms with Gasteiger partial charge in [-0.25, -0.2) is 0 Å². The maximum absolute atomic E-state index is 11.5. The zero-order valence-corrected chi connectivity index (χ0v) is 11.5. The van der Waals surface area contributed by atoms with Crippen LogP contribution >= 0.6 is 0 Å². The lowest BCUT2D eigenvalue weighted by atomic mass is 9.98. The van der Waals surface area contributed by atoms with E-state index in [2.05, 4.69) is 29.4 Å². The molecule has 1 heterocycles. The van der Waals surface area contributed by atoms with Gasteiger partial charge in [0, 0.05) is 25.6 Å². The van der Waals surface area contributed by atoms with Crippen molar-refractivity contribution in [2.24, 2.45) is 5.92 Å². The first-order chi connectivity index (χ1) is 8.13. The predicted molar refractivity (Wildman–Crippen MR) is 71.0 cm³/mol. The molecule has 17 heavy (non-hydrogen) atoms. The van der Waals surface area contributed by atoms with Gasteiger partial charge in [0.2, 0.25) is 5.91 Å².